The molecule has 92 valence electrons. The first-order valence-electron chi connectivity index (χ1n) is 5.03. The lowest BCUT2D eigenvalue weighted by atomic mass is 10.0. The average Bonchev–Trinajstić information content (AvgIpc) is 2.82. The van der Waals surface area contributed by atoms with Crippen LogP contribution in [-0.2, 0) is 0 Å². The summed E-state index contributed by atoms with van der Waals surface area (Å²) < 4.78 is 2.57. The molecule has 0 bridgehead atoms. The number of hydrogen-bond donors (Lipinski definition) is 1. The highest BCUT2D eigenvalue weighted by molar-refractivity contribution is 9.10. The van der Waals surface area contributed by atoms with E-state index in [-0.39, 0.29) is 6.04 Å². The fourth-order valence-corrected chi connectivity index (χ4v) is 4.72. The van der Waals surface area contributed by atoms with E-state index in [9.17, 15) is 0 Å². The third kappa shape index (κ3) is 3.06. The molecule has 2 rings (SSSR count). The maximum atomic E-state index is 6.23. The van der Waals surface area contributed by atoms with Gasteiger partial charge in [-0.3, -0.25) is 0 Å². The Morgan fingerprint density at radius 1 is 1.35 bits per heavy atom. The highest BCUT2D eigenvalue weighted by atomic mass is 79.9. The summed E-state index contributed by atoms with van der Waals surface area (Å²) >= 11 is 18.9. The Labute approximate surface area is 127 Å². The smallest absolute Gasteiger partial charge is 0.0995 e. The molecular formula is C11H10BrCl2NS2. The van der Waals surface area contributed by atoms with Crippen molar-refractivity contribution in [3.05, 3.63) is 41.1 Å². The van der Waals surface area contributed by atoms with Crippen LogP contribution in [0.2, 0.25) is 8.67 Å². The van der Waals surface area contributed by atoms with Crippen LogP contribution in [0.5, 0.6) is 0 Å². The van der Waals surface area contributed by atoms with Gasteiger partial charge < -0.3 is 5.32 Å². The molecular weight excluding hydrogens is 361 g/mol. The van der Waals surface area contributed by atoms with E-state index < -0.39 is 0 Å². The minimum Gasteiger partial charge on any atom is -0.306 e. The van der Waals surface area contributed by atoms with Crippen molar-refractivity contribution in [1.29, 1.82) is 0 Å². The molecule has 0 amide bonds. The van der Waals surface area contributed by atoms with Crippen molar-refractivity contribution < 1.29 is 0 Å². The standard InChI is InChI=1S/C11H10BrCl2NS2/c1-2-15-10(7-4-16-5-8(7)12)6-3-9(13)17-11(6)14/h3-5,10,15H,2H2,1H3. The van der Waals surface area contributed by atoms with Crippen LogP contribution in [0.15, 0.2) is 21.3 Å². The molecule has 0 saturated carbocycles. The zero-order chi connectivity index (χ0) is 12.4. The van der Waals surface area contributed by atoms with Crippen molar-refractivity contribution in [2.24, 2.45) is 0 Å². The molecule has 2 aromatic heterocycles. The van der Waals surface area contributed by atoms with E-state index in [1.807, 2.05) is 6.07 Å². The summed E-state index contributed by atoms with van der Waals surface area (Å²) in [6.07, 6.45) is 0. The molecule has 1 unspecified atom stereocenters. The van der Waals surface area contributed by atoms with Crippen molar-refractivity contribution in [1.82, 2.24) is 5.32 Å². The molecule has 1 nitrogen and oxygen atoms in total. The lowest BCUT2D eigenvalue weighted by Gasteiger charge is -2.17. The highest BCUT2D eigenvalue weighted by Crippen LogP contribution is 2.40. The summed E-state index contributed by atoms with van der Waals surface area (Å²) in [5.74, 6) is 0. The third-order valence-electron chi connectivity index (χ3n) is 2.36. The van der Waals surface area contributed by atoms with E-state index >= 15 is 0 Å². The van der Waals surface area contributed by atoms with Crippen LogP contribution in [-0.4, -0.2) is 6.54 Å². The molecule has 0 spiro atoms. The Morgan fingerprint density at radius 2 is 2.12 bits per heavy atom. The largest absolute Gasteiger partial charge is 0.306 e. The van der Waals surface area contributed by atoms with Crippen LogP contribution < -0.4 is 5.32 Å². The first-order valence-corrected chi connectivity index (χ1v) is 8.34. The van der Waals surface area contributed by atoms with Gasteiger partial charge in [-0.1, -0.05) is 30.1 Å². The summed E-state index contributed by atoms with van der Waals surface area (Å²) in [6.45, 7) is 2.95. The van der Waals surface area contributed by atoms with Crippen LogP contribution in [0, 0.1) is 0 Å². The van der Waals surface area contributed by atoms with Crippen molar-refractivity contribution in [2.45, 2.75) is 13.0 Å². The van der Waals surface area contributed by atoms with Gasteiger partial charge in [0.25, 0.3) is 0 Å². The highest BCUT2D eigenvalue weighted by Gasteiger charge is 2.21. The predicted molar refractivity (Wildman–Crippen MR) is 81.9 cm³/mol. The Morgan fingerprint density at radius 3 is 2.59 bits per heavy atom. The number of nitrogens with one attached hydrogen (secondary N) is 1. The fourth-order valence-electron chi connectivity index (χ4n) is 1.64. The Kier molecular flexibility index (Phi) is 4.92. The molecule has 0 aliphatic heterocycles. The normalized spacial score (nSPS) is 12.9. The zero-order valence-corrected chi connectivity index (χ0v) is 13.7. The average molecular weight is 371 g/mol. The third-order valence-corrected chi connectivity index (χ3v) is 5.63. The predicted octanol–water partition coefficient (Wildman–Crippen LogP) is 5.58. The van der Waals surface area contributed by atoms with Crippen LogP contribution >= 0.6 is 61.8 Å². The number of hydrogen-bond acceptors (Lipinski definition) is 3. The maximum Gasteiger partial charge on any atom is 0.0995 e. The van der Waals surface area contributed by atoms with E-state index in [4.69, 9.17) is 23.2 Å². The van der Waals surface area contributed by atoms with Crippen molar-refractivity contribution in [2.75, 3.05) is 6.54 Å². The monoisotopic (exact) mass is 369 g/mol. The van der Waals surface area contributed by atoms with Crippen molar-refractivity contribution in [3.8, 4) is 0 Å². The topological polar surface area (TPSA) is 12.0 Å². The summed E-state index contributed by atoms with van der Waals surface area (Å²) in [5.41, 5.74) is 2.25. The van der Waals surface area contributed by atoms with E-state index in [0.717, 1.165) is 25.3 Å². The Hall–Kier alpha value is 0.420. The molecule has 2 heterocycles. The minimum absolute atomic E-state index is 0.0943. The van der Waals surface area contributed by atoms with Gasteiger partial charge in [-0.05, 0) is 39.5 Å². The van der Waals surface area contributed by atoms with E-state index in [1.165, 1.54) is 16.9 Å². The number of halogens is 3. The van der Waals surface area contributed by atoms with Gasteiger partial charge in [0.05, 0.1) is 14.7 Å². The zero-order valence-electron chi connectivity index (χ0n) is 8.97. The lowest BCUT2D eigenvalue weighted by molar-refractivity contribution is 0.632. The van der Waals surface area contributed by atoms with Gasteiger partial charge in [-0.25, -0.2) is 0 Å². The second-order valence-corrected chi connectivity index (χ2v) is 7.33. The molecule has 0 aliphatic carbocycles. The van der Waals surface area contributed by atoms with Crippen LogP contribution in [0.25, 0.3) is 0 Å². The fraction of sp³-hybridized carbons (Fsp3) is 0.273. The molecule has 2 aromatic rings. The first kappa shape index (κ1) is 13.8. The van der Waals surface area contributed by atoms with Gasteiger partial charge in [0.15, 0.2) is 0 Å². The summed E-state index contributed by atoms with van der Waals surface area (Å²) in [6, 6.07) is 2.03. The molecule has 0 aromatic carbocycles. The van der Waals surface area contributed by atoms with Gasteiger partial charge >= 0.3 is 0 Å². The summed E-state index contributed by atoms with van der Waals surface area (Å²) in [4.78, 5) is 0. The Bertz CT molecular complexity index is 509. The summed E-state index contributed by atoms with van der Waals surface area (Å²) in [7, 11) is 0. The van der Waals surface area contributed by atoms with Gasteiger partial charge in [0, 0.05) is 15.4 Å². The molecule has 6 heteroatoms. The quantitative estimate of drug-likeness (QED) is 0.740. The van der Waals surface area contributed by atoms with Gasteiger partial charge in [-0.2, -0.15) is 11.3 Å². The van der Waals surface area contributed by atoms with Crippen molar-refractivity contribution in [3.63, 3.8) is 0 Å². The molecule has 0 radical (unpaired) electrons. The van der Waals surface area contributed by atoms with Crippen LogP contribution in [0.4, 0.5) is 0 Å². The van der Waals surface area contributed by atoms with Gasteiger partial charge in [-0.15, -0.1) is 11.3 Å². The van der Waals surface area contributed by atoms with E-state index in [1.54, 1.807) is 11.3 Å². The summed E-state index contributed by atoms with van der Waals surface area (Å²) in [5, 5.41) is 7.63. The molecule has 1 atom stereocenters. The number of rotatable bonds is 4. The molecule has 17 heavy (non-hydrogen) atoms. The van der Waals surface area contributed by atoms with E-state index in [0.29, 0.717) is 0 Å². The second kappa shape index (κ2) is 6.04. The van der Waals surface area contributed by atoms with Gasteiger partial charge in [0.2, 0.25) is 0 Å². The first-order chi connectivity index (χ1) is 8.13. The number of thiophene rings is 2. The van der Waals surface area contributed by atoms with Crippen molar-refractivity contribution >= 4 is 61.8 Å². The van der Waals surface area contributed by atoms with Crippen LogP contribution in [0.1, 0.15) is 24.1 Å². The molecule has 0 fully saturated rings. The maximum absolute atomic E-state index is 6.23. The molecule has 1 N–H and O–H groups in total. The van der Waals surface area contributed by atoms with Crippen LogP contribution in [0.3, 0.4) is 0 Å². The molecule has 0 aliphatic rings. The van der Waals surface area contributed by atoms with Gasteiger partial charge in [0.1, 0.15) is 0 Å². The lowest BCUT2D eigenvalue weighted by Crippen LogP contribution is -2.21. The Balaban J connectivity index is 2.42. The SMILES string of the molecule is CCNC(c1cscc1Br)c1cc(Cl)sc1Cl. The second-order valence-electron chi connectivity index (χ2n) is 3.45. The van der Waals surface area contributed by atoms with E-state index in [2.05, 4.69) is 38.9 Å². The minimum atomic E-state index is 0.0943. The molecule has 0 saturated heterocycles.